The van der Waals surface area contributed by atoms with Crippen molar-refractivity contribution < 1.29 is 17.9 Å². The van der Waals surface area contributed by atoms with Crippen molar-refractivity contribution in [2.45, 2.75) is 6.54 Å². The summed E-state index contributed by atoms with van der Waals surface area (Å²) in [6.07, 6.45) is 1.56. The molecule has 1 aliphatic heterocycles. The van der Waals surface area contributed by atoms with Gasteiger partial charge in [0, 0.05) is 38.3 Å². The Morgan fingerprint density at radius 2 is 2.00 bits per heavy atom. The minimum Gasteiger partial charge on any atom is -0.444 e. The number of aromatic nitrogens is 1. The van der Waals surface area contributed by atoms with Gasteiger partial charge in [0.1, 0.15) is 6.26 Å². The van der Waals surface area contributed by atoms with Crippen molar-refractivity contribution in [3.05, 3.63) is 41.8 Å². The van der Waals surface area contributed by atoms with E-state index < -0.39 is 11.6 Å². The predicted molar refractivity (Wildman–Crippen MR) is 85.4 cm³/mol. The molecular formula is C17H21F2N3O2. The molecule has 2 aromatic rings. The lowest BCUT2D eigenvalue weighted by Crippen LogP contribution is -2.40. The van der Waals surface area contributed by atoms with E-state index in [1.807, 2.05) is 7.05 Å². The number of benzene rings is 1. The van der Waals surface area contributed by atoms with Crippen LogP contribution in [-0.4, -0.2) is 61.2 Å². The zero-order valence-corrected chi connectivity index (χ0v) is 13.7. The number of hydrogen-bond acceptors (Lipinski definition) is 5. The van der Waals surface area contributed by atoms with Gasteiger partial charge in [0.25, 0.3) is 0 Å². The highest BCUT2D eigenvalue weighted by Crippen LogP contribution is 2.21. The van der Waals surface area contributed by atoms with Crippen LogP contribution >= 0.6 is 0 Å². The Morgan fingerprint density at radius 1 is 1.21 bits per heavy atom. The number of rotatable bonds is 6. The maximum absolute atomic E-state index is 13.3. The lowest BCUT2D eigenvalue weighted by molar-refractivity contribution is 0.0341. The van der Waals surface area contributed by atoms with Gasteiger partial charge in [-0.1, -0.05) is 0 Å². The summed E-state index contributed by atoms with van der Waals surface area (Å²) in [6, 6.07) is 3.62. The molecule has 0 amide bonds. The summed E-state index contributed by atoms with van der Waals surface area (Å²) >= 11 is 0. The van der Waals surface area contributed by atoms with Crippen LogP contribution in [0.1, 0.15) is 5.69 Å². The SMILES string of the molecule is CN(CCN1CCOCC1)Cc1coc(-c2ccc(F)c(F)c2)n1. The third kappa shape index (κ3) is 4.37. The fourth-order valence-corrected chi connectivity index (χ4v) is 2.63. The van der Waals surface area contributed by atoms with Crippen LogP contribution in [0.15, 0.2) is 28.9 Å². The van der Waals surface area contributed by atoms with Crippen LogP contribution in [0.4, 0.5) is 8.78 Å². The van der Waals surface area contributed by atoms with Gasteiger partial charge in [0.2, 0.25) is 5.89 Å². The molecule has 7 heteroatoms. The summed E-state index contributed by atoms with van der Waals surface area (Å²) < 4.78 is 37.0. The Labute approximate surface area is 139 Å². The first-order chi connectivity index (χ1) is 11.6. The molecule has 0 bridgehead atoms. The smallest absolute Gasteiger partial charge is 0.226 e. The molecular weight excluding hydrogens is 316 g/mol. The third-order valence-corrected chi connectivity index (χ3v) is 4.05. The van der Waals surface area contributed by atoms with Gasteiger partial charge in [-0.3, -0.25) is 9.80 Å². The number of hydrogen-bond donors (Lipinski definition) is 0. The molecule has 0 aliphatic carbocycles. The Morgan fingerprint density at radius 3 is 2.75 bits per heavy atom. The molecule has 2 heterocycles. The minimum absolute atomic E-state index is 0.297. The van der Waals surface area contributed by atoms with Gasteiger partial charge in [-0.15, -0.1) is 0 Å². The van der Waals surface area contributed by atoms with Gasteiger partial charge in [0.05, 0.1) is 18.9 Å². The summed E-state index contributed by atoms with van der Waals surface area (Å²) in [5.41, 5.74) is 1.19. The number of halogens is 2. The lowest BCUT2D eigenvalue weighted by Gasteiger charge is -2.28. The Hall–Kier alpha value is -1.83. The molecule has 0 saturated carbocycles. The average Bonchev–Trinajstić information content (AvgIpc) is 3.05. The van der Waals surface area contributed by atoms with Crippen molar-refractivity contribution in [1.82, 2.24) is 14.8 Å². The van der Waals surface area contributed by atoms with E-state index in [1.165, 1.54) is 6.07 Å². The largest absolute Gasteiger partial charge is 0.444 e. The van der Waals surface area contributed by atoms with Crippen molar-refractivity contribution in [3.8, 4) is 11.5 Å². The number of nitrogens with zero attached hydrogens (tertiary/aromatic N) is 3. The molecule has 1 aromatic carbocycles. The molecule has 1 aromatic heterocycles. The van der Waals surface area contributed by atoms with Crippen molar-refractivity contribution >= 4 is 0 Å². The van der Waals surface area contributed by atoms with Gasteiger partial charge in [-0.2, -0.15) is 0 Å². The van der Waals surface area contributed by atoms with E-state index in [0.717, 1.165) is 57.2 Å². The maximum Gasteiger partial charge on any atom is 0.226 e. The molecule has 130 valence electrons. The number of likely N-dealkylation sites (N-methyl/N-ethyl adjacent to an activating group) is 1. The topological polar surface area (TPSA) is 41.7 Å². The second kappa shape index (κ2) is 7.83. The van der Waals surface area contributed by atoms with Crippen molar-refractivity contribution in [2.24, 2.45) is 0 Å². The maximum atomic E-state index is 13.3. The molecule has 0 spiro atoms. The van der Waals surface area contributed by atoms with E-state index in [4.69, 9.17) is 9.15 Å². The Bertz CT molecular complexity index is 672. The van der Waals surface area contributed by atoms with Crippen LogP contribution in [0.5, 0.6) is 0 Å². The van der Waals surface area contributed by atoms with Crippen molar-refractivity contribution in [2.75, 3.05) is 46.4 Å². The van der Waals surface area contributed by atoms with Gasteiger partial charge >= 0.3 is 0 Å². The highest BCUT2D eigenvalue weighted by atomic mass is 19.2. The normalized spacial score (nSPS) is 16.0. The van der Waals surface area contributed by atoms with Gasteiger partial charge in [0.15, 0.2) is 11.6 Å². The Kier molecular flexibility index (Phi) is 5.55. The molecule has 1 saturated heterocycles. The summed E-state index contributed by atoms with van der Waals surface area (Å²) in [6.45, 7) is 6.06. The first-order valence-corrected chi connectivity index (χ1v) is 8.00. The zero-order valence-electron chi connectivity index (χ0n) is 13.7. The fourth-order valence-electron chi connectivity index (χ4n) is 2.63. The molecule has 0 radical (unpaired) electrons. The molecule has 0 atom stereocenters. The van der Waals surface area contributed by atoms with Gasteiger partial charge < -0.3 is 9.15 Å². The predicted octanol–water partition coefficient (Wildman–Crippen LogP) is 2.38. The average molecular weight is 337 g/mol. The Balaban J connectivity index is 1.54. The standard InChI is InChI=1S/C17H21F2N3O2/c1-21(4-5-22-6-8-23-9-7-22)11-14-12-24-17(20-14)13-2-3-15(18)16(19)10-13/h2-3,10,12H,4-9,11H2,1H3. The number of morpholine rings is 1. The molecule has 5 nitrogen and oxygen atoms in total. The third-order valence-electron chi connectivity index (χ3n) is 4.05. The van der Waals surface area contributed by atoms with E-state index >= 15 is 0 Å². The fraction of sp³-hybridized carbons (Fsp3) is 0.471. The second-order valence-electron chi connectivity index (χ2n) is 5.96. The number of oxazole rings is 1. The summed E-state index contributed by atoms with van der Waals surface area (Å²) in [5, 5.41) is 0. The number of ether oxygens (including phenoxy) is 1. The van der Waals surface area contributed by atoms with E-state index in [0.29, 0.717) is 18.0 Å². The highest BCUT2D eigenvalue weighted by molar-refractivity contribution is 5.53. The van der Waals surface area contributed by atoms with E-state index in [-0.39, 0.29) is 0 Å². The molecule has 0 unspecified atom stereocenters. The van der Waals surface area contributed by atoms with E-state index in [1.54, 1.807) is 6.26 Å². The minimum atomic E-state index is -0.908. The van der Waals surface area contributed by atoms with Crippen LogP contribution < -0.4 is 0 Å². The lowest BCUT2D eigenvalue weighted by atomic mass is 10.2. The van der Waals surface area contributed by atoms with E-state index in [9.17, 15) is 8.78 Å². The summed E-state index contributed by atoms with van der Waals surface area (Å²) in [4.78, 5) is 8.88. The highest BCUT2D eigenvalue weighted by Gasteiger charge is 2.13. The first-order valence-electron chi connectivity index (χ1n) is 8.00. The van der Waals surface area contributed by atoms with Crippen LogP contribution in [-0.2, 0) is 11.3 Å². The summed E-state index contributed by atoms with van der Waals surface area (Å²) in [5.74, 6) is -1.49. The monoisotopic (exact) mass is 337 g/mol. The molecule has 1 fully saturated rings. The molecule has 0 N–H and O–H groups in total. The molecule has 24 heavy (non-hydrogen) atoms. The quantitative estimate of drug-likeness (QED) is 0.810. The van der Waals surface area contributed by atoms with Gasteiger partial charge in [-0.25, -0.2) is 13.8 Å². The molecule has 3 rings (SSSR count). The zero-order chi connectivity index (χ0) is 16.9. The second-order valence-corrected chi connectivity index (χ2v) is 5.96. The van der Waals surface area contributed by atoms with Crippen LogP contribution in [0.2, 0.25) is 0 Å². The van der Waals surface area contributed by atoms with Crippen molar-refractivity contribution in [3.63, 3.8) is 0 Å². The van der Waals surface area contributed by atoms with Crippen LogP contribution in [0.3, 0.4) is 0 Å². The summed E-state index contributed by atoms with van der Waals surface area (Å²) in [7, 11) is 2.02. The van der Waals surface area contributed by atoms with Crippen LogP contribution in [0.25, 0.3) is 11.5 Å². The first kappa shape index (κ1) is 17.0. The van der Waals surface area contributed by atoms with Gasteiger partial charge in [-0.05, 0) is 25.2 Å². The molecule has 1 aliphatic rings. The van der Waals surface area contributed by atoms with Crippen molar-refractivity contribution in [1.29, 1.82) is 0 Å². The van der Waals surface area contributed by atoms with Crippen LogP contribution in [0, 0.1) is 11.6 Å². The van der Waals surface area contributed by atoms with E-state index in [2.05, 4.69) is 14.8 Å².